The molecule has 1 aromatic heterocycles. The third-order valence-corrected chi connectivity index (χ3v) is 4.02. The molecule has 0 aliphatic carbocycles. The van der Waals surface area contributed by atoms with Crippen molar-refractivity contribution >= 4 is 11.7 Å². The zero-order valence-corrected chi connectivity index (χ0v) is 15.0. The van der Waals surface area contributed by atoms with Crippen LogP contribution in [0.2, 0.25) is 0 Å². The first-order valence-electron chi connectivity index (χ1n) is 8.20. The second kappa shape index (κ2) is 7.21. The third-order valence-electron chi connectivity index (χ3n) is 4.02. The van der Waals surface area contributed by atoms with E-state index in [-0.39, 0.29) is 23.7 Å². The van der Waals surface area contributed by atoms with Gasteiger partial charge in [-0.2, -0.15) is 0 Å². The summed E-state index contributed by atoms with van der Waals surface area (Å²) in [5.74, 6) is 0.189. The van der Waals surface area contributed by atoms with Gasteiger partial charge in [-0.1, -0.05) is 13.8 Å². The van der Waals surface area contributed by atoms with E-state index in [4.69, 9.17) is 4.42 Å². The first-order valence-corrected chi connectivity index (χ1v) is 8.20. The molecule has 24 heavy (non-hydrogen) atoms. The van der Waals surface area contributed by atoms with Crippen LogP contribution in [-0.2, 0) is 9.59 Å². The molecule has 1 aliphatic heterocycles. The van der Waals surface area contributed by atoms with Crippen molar-refractivity contribution in [3.05, 3.63) is 35.0 Å². The van der Waals surface area contributed by atoms with Crippen LogP contribution in [0, 0.1) is 12.8 Å². The molecule has 0 saturated heterocycles. The summed E-state index contributed by atoms with van der Waals surface area (Å²) in [5, 5.41) is 10.3. The zero-order chi connectivity index (χ0) is 18.0. The van der Waals surface area contributed by atoms with Crippen LogP contribution in [0.5, 0.6) is 0 Å². The van der Waals surface area contributed by atoms with Gasteiger partial charge in [0.05, 0.1) is 5.57 Å². The number of carbonyl (C=O) groups excluding carboxylic acids is 2. The van der Waals surface area contributed by atoms with Crippen molar-refractivity contribution in [1.82, 2.24) is 9.80 Å². The highest BCUT2D eigenvalue weighted by atomic mass is 16.3. The molecule has 0 aromatic carbocycles. The molecule has 1 aromatic rings. The molecule has 1 aliphatic rings. The molecule has 0 radical (unpaired) electrons. The van der Waals surface area contributed by atoms with E-state index < -0.39 is 17.7 Å². The summed E-state index contributed by atoms with van der Waals surface area (Å²) in [4.78, 5) is 28.6. The van der Waals surface area contributed by atoms with Gasteiger partial charge in [-0.15, -0.1) is 0 Å². The van der Waals surface area contributed by atoms with Crippen LogP contribution in [-0.4, -0.2) is 53.8 Å². The number of likely N-dealkylation sites (N-methyl/N-ethyl adjacent to an activating group) is 1. The summed E-state index contributed by atoms with van der Waals surface area (Å²) in [6.07, 6.45) is 0.282. The molecule has 0 saturated carbocycles. The van der Waals surface area contributed by atoms with Crippen molar-refractivity contribution in [2.75, 3.05) is 27.2 Å². The largest absolute Gasteiger partial charge is 0.503 e. The Morgan fingerprint density at radius 1 is 1.38 bits per heavy atom. The van der Waals surface area contributed by atoms with Crippen molar-refractivity contribution < 1.29 is 19.1 Å². The molecule has 132 valence electrons. The summed E-state index contributed by atoms with van der Waals surface area (Å²) in [6, 6.07) is 2.90. The number of carbonyl (C=O) groups is 2. The normalized spacial score (nSPS) is 18.4. The fourth-order valence-electron chi connectivity index (χ4n) is 2.85. The maximum atomic E-state index is 12.6. The van der Waals surface area contributed by atoms with Crippen molar-refractivity contribution in [3.8, 4) is 0 Å². The predicted octanol–water partition coefficient (Wildman–Crippen LogP) is 2.46. The lowest BCUT2D eigenvalue weighted by molar-refractivity contribution is -0.129. The number of Topliss-reactive ketones (excluding diaryl/α,β-unsaturated/α-hetero) is 1. The maximum absolute atomic E-state index is 12.6. The van der Waals surface area contributed by atoms with Gasteiger partial charge in [-0.05, 0) is 39.1 Å². The van der Waals surface area contributed by atoms with Crippen LogP contribution in [0.25, 0.3) is 0 Å². The Morgan fingerprint density at radius 3 is 2.54 bits per heavy atom. The number of aryl methyl sites for hydroxylation is 1. The molecular formula is C18H26N2O4. The topological polar surface area (TPSA) is 74.0 Å². The minimum atomic E-state index is -0.655. The summed E-state index contributed by atoms with van der Waals surface area (Å²) in [7, 11) is 3.81. The highest BCUT2D eigenvalue weighted by Crippen LogP contribution is 2.39. The zero-order valence-electron chi connectivity index (χ0n) is 15.0. The van der Waals surface area contributed by atoms with Crippen molar-refractivity contribution in [1.29, 1.82) is 0 Å². The quantitative estimate of drug-likeness (QED) is 0.829. The number of nitrogens with zero attached hydrogens (tertiary/aromatic N) is 2. The highest BCUT2D eigenvalue weighted by Gasteiger charge is 2.44. The average molecular weight is 334 g/mol. The van der Waals surface area contributed by atoms with Gasteiger partial charge in [0, 0.05) is 19.5 Å². The van der Waals surface area contributed by atoms with E-state index in [1.807, 2.05) is 39.8 Å². The first-order chi connectivity index (χ1) is 11.2. The molecule has 1 amide bonds. The summed E-state index contributed by atoms with van der Waals surface area (Å²) in [6.45, 7) is 6.70. The Labute approximate surface area is 142 Å². The van der Waals surface area contributed by atoms with Gasteiger partial charge in [0.2, 0.25) is 0 Å². The van der Waals surface area contributed by atoms with Crippen LogP contribution in [0.3, 0.4) is 0 Å². The highest BCUT2D eigenvalue weighted by molar-refractivity contribution is 6.08. The number of amides is 1. The lowest BCUT2D eigenvalue weighted by Crippen LogP contribution is -2.36. The number of ketones is 1. The van der Waals surface area contributed by atoms with Crippen LogP contribution in [0.15, 0.2) is 27.9 Å². The van der Waals surface area contributed by atoms with Gasteiger partial charge >= 0.3 is 0 Å². The van der Waals surface area contributed by atoms with Crippen molar-refractivity contribution in [2.24, 2.45) is 5.92 Å². The number of aliphatic hydroxyl groups is 1. The van der Waals surface area contributed by atoms with E-state index in [0.29, 0.717) is 24.6 Å². The average Bonchev–Trinajstić information content (AvgIpc) is 2.99. The van der Waals surface area contributed by atoms with Gasteiger partial charge in [-0.3, -0.25) is 9.59 Å². The Balaban J connectivity index is 2.41. The summed E-state index contributed by atoms with van der Waals surface area (Å²) in [5.41, 5.74) is 0.154. The molecule has 1 unspecified atom stereocenters. The fraction of sp³-hybridized carbons (Fsp3) is 0.556. The minimum absolute atomic E-state index is 0.141. The lowest BCUT2D eigenvalue weighted by Gasteiger charge is -2.26. The fourth-order valence-corrected chi connectivity index (χ4v) is 2.85. The van der Waals surface area contributed by atoms with E-state index in [1.165, 1.54) is 4.90 Å². The number of rotatable bonds is 7. The van der Waals surface area contributed by atoms with Crippen LogP contribution in [0.1, 0.15) is 37.8 Å². The lowest BCUT2D eigenvalue weighted by atomic mass is 9.95. The van der Waals surface area contributed by atoms with E-state index >= 15 is 0 Å². The molecule has 1 N–H and O–H groups in total. The molecule has 0 fully saturated rings. The molecule has 1 atom stereocenters. The number of hydrogen-bond donors (Lipinski definition) is 1. The Morgan fingerprint density at radius 2 is 2.04 bits per heavy atom. The summed E-state index contributed by atoms with van der Waals surface area (Å²) >= 11 is 0. The number of aliphatic hydroxyl groups excluding tert-OH is 1. The molecule has 2 heterocycles. The van der Waals surface area contributed by atoms with E-state index in [1.54, 1.807) is 12.1 Å². The molecular weight excluding hydrogens is 308 g/mol. The van der Waals surface area contributed by atoms with E-state index in [9.17, 15) is 14.7 Å². The molecule has 6 heteroatoms. The minimum Gasteiger partial charge on any atom is -0.503 e. The second-order valence-corrected chi connectivity index (χ2v) is 6.94. The maximum Gasteiger partial charge on any atom is 0.290 e. The summed E-state index contributed by atoms with van der Waals surface area (Å²) < 4.78 is 5.68. The van der Waals surface area contributed by atoms with Crippen molar-refractivity contribution in [3.63, 3.8) is 0 Å². The van der Waals surface area contributed by atoms with Crippen LogP contribution in [0.4, 0.5) is 0 Å². The molecule has 2 rings (SSSR count). The van der Waals surface area contributed by atoms with Gasteiger partial charge < -0.3 is 19.3 Å². The first kappa shape index (κ1) is 18.3. The van der Waals surface area contributed by atoms with E-state index in [2.05, 4.69) is 0 Å². The Bertz CT molecular complexity index is 658. The van der Waals surface area contributed by atoms with Gasteiger partial charge in [-0.25, -0.2) is 0 Å². The molecule has 6 nitrogen and oxygen atoms in total. The standard InChI is InChI=1S/C18H26N2O4/c1-11(2)10-13(21)15-16(14-7-6-12(3)24-14)20(9-8-19(4)5)18(23)17(15)22/h6-7,11,16,22H,8-10H2,1-5H3. The van der Waals surface area contributed by atoms with Gasteiger partial charge in [0.25, 0.3) is 5.91 Å². The number of hydrogen-bond acceptors (Lipinski definition) is 5. The Hall–Kier alpha value is -2.08. The Kier molecular flexibility index (Phi) is 5.49. The monoisotopic (exact) mass is 334 g/mol. The SMILES string of the molecule is Cc1ccc(C2C(C(=O)CC(C)C)=C(O)C(=O)N2CCN(C)C)o1. The van der Waals surface area contributed by atoms with Crippen molar-refractivity contribution in [2.45, 2.75) is 33.2 Å². The third kappa shape index (κ3) is 3.70. The van der Waals surface area contributed by atoms with Gasteiger partial charge in [0.15, 0.2) is 11.5 Å². The van der Waals surface area contributed by atoms with Gasteiger partial charge in [0.1, 0.15) is 17.6 Å². The molecule has 0 bridgehead atoms. The smallest absolute Gasteiger partial charge is 0.290 e. The van der Waals surface area contributed by atoms with Crippen LogP contribution < -0.4 is 0 Å². The number of furan rings is 1. The van der Waals surface area contributed by atoms with Crippen LogP contribution >= 0.6 is 0 Å². The molecule has 0 spiro atoms. The predicted molar refractivity (Wildman–Crippen MR) is 90.6 cm³/mol. The van der Waals surface area contributed by atoms with E-state index in [0.717, 1.165) is 0 Å². The second-order valence-electron chi connectivity index (χ2n) is 6.94.